The van der Waals surface area contributed by atoms with Gasteiger partial charge in [-0.05, 0) is 12.8 Å². The van der Waals surface area contributed by atoms with Crippen molar-refractivity contribution in [2.75, 3.05) is 12.4 Å². The van der Waals surface area contributed by atoms with Gasteiger partial charge in [0.15, 0.2) is 0 Å². The molecule has 0 radical (unpaired) electrons. The van der Waals surface area contributed by atoms with Crippen molar-refractivity contribution >= 4 is 5.95 Å². The molecule has 0 aliphatic heterocycles. The highest BCUT2D eigenvalue weighted by atomic mass is 16.5. The van der Waals surface area contributed by atoms with Crippen LogP contribution in [-0.4, -0.2) is 23.1 Å². The predicted molar refractivity (Wildman–Crippen MR) is 54.4 cm³/mol. The average Bonchev–Trinajstić information content (AvgIpc) is 2.71. The van der Waals surface area contributed by atoms with Gasteiger partial charge in [-0.1, -0.05) is 12.2 Å². The van der Waals surface area contributed by atoms with Crippen LogP contribution in [0.1, 0.15) is 12.8 Å². The molecule has 0 unspecified atom stereocenters. The van der Waals surface area contributed by atoms with E-state index in [1.807, 2.05) is 0 Å². The minimum Gasteiger partial charge on any atom is -0.481 e. The largest absolute Gasteiger partial charge is 0.481 e. The fourth-order valence-electron chi connectivity index (χ4n) is 1.44. The summed E-state index contributed by atoms with van der Waals surface area (Å²) in [7, 11) is 1.60. The number of anilines is 1. The molecule has 1 aliphatic carbocycles. The first-order chi connectivity index (χ1) is 6.88. The van der Waals surface area contributed by atoms with Crippen LogP contribution in [0.2, 0.25) is 0 Å². The number of nitrogens with one attached hydrogen (secondary N) is 1. The Morgan fingerprint density at radius 3 is 2.93 bits per heavy atom. The highest BCUT2D eigenvalue weighted by molar-refractivity contribution is 5.30. The molecule has 0 bridgehead atoms. The zero-order valence-electron chi connectivity index (χ0n) is 8.10. The molecule has 1 aliphatic rings. The Bertz CT molecular complexity index is 330. The van der Waals surface area contributed by atoms with Crippen molar-refractivity contribution in [2.45, 2.75) is 18.9 Å². The third kappa shape index (κ3) is 2.02. The smallest absolute Gasteiger partial charge is 0.226 e. The van der Waals surface area contributed by atoms with E-state index in [0.717, 1.165) is 12.8 Å². The lowest BCUT2D eigenvalue weighted by Gasteiger charge is -2.11. The third-order valence-electron chi connectivity index (χ3n) is 2.18. The van der Waals surface area contributed by atoms with Crippen LogP contribution in [0.15, 0.2) is 24.4 Å². The molecule has 4 nitrogen and oxygen atoms in total. The second-order valence-electron chi connectivity index (χ2n) is 3.21. The number of nitrogens with zero attached hydrogens (tertiary/aromatic N) is 2. The summed E-state index contributed by atoms with van der Waals surface area (Å²) in [5.74, 6) is 1.23. The van der Waals surface area contributed by atoms with E-state index < -0.39 is 0 Å². The van der Waals surface area contributed by atoms with E-state index in [1.54, 1.807) is 19.4 Å². The van der Waals surface area contributed by atoms with Gasteiger partial charge in [0.1, 0.15) is 0 Å². The molecule has 4 heteroatoms. The quantitative estimate of drug-likeness (QED) is 0.737. The van der Waals surface area contributed by atoms with E-state index in [0.29, 0.717) is 17.9 Å². The molecule has 1 aromatic rings. The van der Waals surface area contributed by atoms with Gasteiger partial charge >= 0.3 is 0 Å². The molecule has 1 heterocycles. The lowest BCUT2D eigenvalue weighted by atomic mass is 10.2. The maximum absolute atomic E-state index is 5.01. The minimum absolute atomic E-state index is 0.433. The second-order valence-corrected chi connectivity index (χ2v) is 3.21. The highest BCUT2D eigenvalue weighted by Crippen LogP contribution is 2.15. The average molecular weight is 191 g/mol. The lowest BCUT2D eigenvalue weighted by molar-refractivity contribution is 0.397. The van der Waals surface area contributed by atoms with Crippen LogP contribution >= 0.6 is 0 Å². The molecule has 0 aromatic carbocycles. The summed E-state index contributed by atoms with van der Waals surface area (Å²) in [6.07, 6.45) is 8.10. The van der Waals surface area contributed by atoms with Gasteiger partial charge in [-0.25, -0.2) is 4.98 Å². The van der Waals surface area contributed by atoms with Gasteiger partial charge in [-0.3, -0.25) is 0 Å². The van der Waals surface area contributed by atoms with Gasteiger partial charge < -0.3 is 10.1 Å². The Hall–Kier alpha value is -1.58. The van der Waals surface area contributed by atoms with Crippen LogP contribution in [0, 0.1) is 0 Å². The highest BCUT2D eigenvalue weighted by Gasteiger charge is 2.10. The Kier molecular flexibility index (Phi) is 2.62. The number of aromatic nitrogens is 2. The van der Waals surface area contributed by atoms with Gasteiger partial charge in [0.25, 0.3) is 0 Å². The first kappa shape index (κ1) is 8.99. The normalized spacial score (nSPS) is 15.8. The molecule has 0 spiro atoms. The molecule has 74 valence electrons. The van der Waals surface area contributed by atoms with Crippen molar-refractivity contribution in [3.63, 3.8) is 0 Å². The molecule has 0 amide bonds. The summed E-state index contributed by atoms with van der Waals surface area (Å²) in [6.45, 7) is 0. The number of hydrogen-bond donors (Lipinski definition) is 1. The van der Waals surface area contributed by atoms with Crippen molar-refractivity contribution in [1.82, 2.24) is 9.97 Å². The van der Waals surface area contributed by atoms with Crippen LogP contribution in [-0.2, 0) is 0 Å². The van der Waals surface area contributed by atoms with Crippen molar-refractivity contribution in [3.05, 3.63) is 24.4 Å². The molecule has 0 fully saturated rings. The number of hydrogen-bond acceptors (Lipinski definition) is 4. The fourth-order valence-corrected chi connectivity index (χ4v) is 1.44. The van der Waals surface area contributed by atoms with Crippen molar-refractivity contribution in [3.8, 4) is 5.88 Å². The maximum atomic E-state index is 5.01. The zero-order valence-corrected chi connectivity index (χ0v) is 8.10. The predicted octanol–water partition coefficient (Wildman–Crippen LogP) is 1.62. The van der Waals surface area contributed by atoms with Crippen molar-refractivity contribution < 1.29 is 4.74 Å². The molecule has 0 saturated heterocycles. The standard InChI is InChI=1S/C10H13N3O/c1-14-9-6-7-11-10(13-9)12-8-4-2-3-5-8/h2-3,6-8H,4-5H2,1H3,(H,11,12,13). The molecule has 14 heavy (non-hydrogen) atoms. The second kappa shape index (κ2) is 4.09. The van der Waals surface area contributed by atoms with Gasteiger partial charge in [0, 0.05) is 18.3 Å². The minimum atomic E-state index is 0.433. The number of rotatable bonds is 3. The van der Waals surface area contributed by atoms with Crippen molar-refractivity contribution in [1.29, 1.82) is 0 Å². The molecule has 1 aromatic heterocycles. The molecule has 1 N–H and O–H groups in total. The van der Waals surface area contributed by atoms with E-state index in [2.05, 4.69) is 27.4 Å². The first-order valence-electron chi connectivity index (χ1n) is 4.67. The maximum Gasteiger partial charge on any atom is 0.226 e. The van der Waals surface area contributed by atoms with Crippen LogP contribution in [0.3, 0.4) is 0 Å². The van der Waals surface area contributed by atoms with E-state index in [9.17, 15) is 0 Å². The number of ether oxygens (including phenoxy) is 1. The van der Waals surface area contributed by atoms with E-state index in [-0.39, 0.29) is 0 Å². The fraction of sp³-hybridized carbons (Fsp3) is 0.400. The van der Waals surface area contributed by atoms with Crippen LogP contribution in [0.25, 0.3) is 0 Å². The first-order valence-corrected chi connectivity index (χ1v) is 4.67. The molecule has 2 rings (SSSR count). The topological polar surface area (TPSA) is 47.0 Å². The zero-order chi connectivity index (χ0) is 9.80. The van der Waals surface area contributed by atoms with E-state index in [4.69, 9.17) is 4.74 Å². The Labute approximate surface area is 83.0 Å². The third-order valence-corrected chi connectivity index (χ3v) is 2.18. The summed E-state index contributed by atoms with van der Waals surface area (Å²) < 4.78 is 5.01. The van der Waals surface area contributed by atoms with Crippen molar-refractivity contribution in [2.24, 2.45) is 0 Å². The molecular weight excluding hydrogens is 178 g/mol. The Morgan fingerprint density at radius 1 is 1.43 bits per heavy atom. The van der Waals surface area contributed by atoms with Crippen LogP contribution in [0.5, 0.6) is 5.88 Å². The SMILES string of the molecule is COc1ccnc(NC2CC=CC2)n1. The molecule has 0 saturated carbocycles. The van der Waals surface area contributed by atoms with Gasteiger partial charge in [-0.15, -0.1) is 0 Å². The summed E-state index contributed by atoms with van der Waals surface area (Å²) >= 11 is 0. The summed E-state index contributed by atoms with van der Waals surface area (Å²) in [5.41, 5.74) is 0. The summed E-state index contributed by atoms with van der Waals surface area (Å²) in [5, 5.41) is 3.25. The van der Waals surface area contributed by atoms with E-state index >= 15 is 0 Å². The Morgan fingerprint density at radius 2 is 2.21 bits per heavy atom. The summed E-state index contributed by atoms with van der Waals surface area (Å²) in [6, 6.07) is 2.17. The summed E-state index contributed by atoms with van der Waals surface area (Å²) in [4.78, 5) is 8.30. The molecule has 0 atom stereocenters. The lowest BCUT2D eigenvalue weighted by Crippen LogP contribution is -2.17. The molecular formula is C10H13N3O. The van der Waals surface area contributed by atoms with Crippen LogP contribution in [0.4, 0.5) is 5.95 Å². The van der Waals surface area contributed by atoms with Crippen LogP contribution < -0.4 is 10.1 Å². The van der Waals surface area contributed by atoms with E-state index in [1.165, 1.54) is 0 Å². The Balaban J connectivity index is 2.01. The number of methoxy groups -OCH3 is 1. The monoisotopic (exact) mass is 191 g/mol. The van der Waals surface area contributed by atoms with Gasteiger partial charge in [-0.2, -0.15) is 4.98 Å². The van der Waals surface area contributed by atoms with Gasteiger partial charge in [0.05, 0.1) is 7.11 Å². The van der Waals surface area contributed by atoms with Gasteiger partial charge in [0.2, 0.25) is 11.8 Å².